The molecule has 0 fully saturated rings. The van der Waals surface area contributed by atoms with Crippen LogP contribution in [0.15, 0.2) is 36.4 Å². The van der Waals surface area contributed by atoms with Crippen molar-refractivity contribution in [3.8, 4) is 5.69 Å². The molecule has 1 heterocycles. The van der Waals surface area contributed by atoms with Gasteiger partial charge in [-0.05, 0) is 36.2 Å². The third kappa shape index (κ3) is 3.44. The van der Waals surface area contributed by atoms with Gasteiger partial charge in [-0.3, -0.25) is 9.36 Å². The van der Waals surface area contributed by atoms with E-state index >= 15 is 0 Å². The highest BCUT2D eigenvalue weighted by Crippen LogP contribution is 2.37. The molecule has 0 bridgehead atoms. The number of carbonyl (C=O) groups is 1. The van der Waals surface area contributed by atoms with Crippen molar-refractivity contribution in [2.45, 2.75) is 19.5 Å². The van der Waals surface area contributed by atoms with Gasteiger partial charge in [0.05, 0.1) is 21.6 Å². The number of benzene rings is 2. The molecule has 0 N–H and O–H groups in total. The summed E-state index contributed by atoms with van der Waals surface area (Å²) in [5.41, 5.74) is 1.01. The van der Waals surface area contributed by atoms with Crippen molar-refractivity contribution in [1.82, 2.24) is 9.55 Å². The van der Waals surface area contributed by atoms with E-state index in [1.54, 1.807) is 12.1 Å². The van der Waals surface area contributed by atoms with Gasteiger partial charge in [0.15, 0.2) is 11.6 Å². The number of hydrogen-bond donors (Lipinski definition) is 0. The van der Waals surface area contributed by atoms with Crippen LogP contribution in [0.4, 0.5) is 13.2 Å². The average molecular weight is 401 g/mol. The van der Waals surface area contributed by atoms with E-state index < -0.39 is 16.8 Å². The lowest BCUT2D eigenvalue weighted by Crippen LogP contribution is -2.07. The maximum absolute atomic E-state index is 13.1. The number of aromatic nitrogens is 2. The number of carbonyl (C=O) groups excluding carboxylic acids is 1. The molecule has 2 aromatic carbocycles. The third-order valence-electron chi connectivity index (χ3n) is 3.94. The van der Waals surface area contributed by atoms with Crippen molar-refractivity contribution < 1.29 is 18.0 Å². The number of halogens is 5. The SMILES string of the molecule is CC(=O)c1nc2cc(C(F)(F)F)c(Cl)cc2n1-c1ccc(CCCl)cc1. The van der Waals surface area contributed by atoms with Gasteiger partial charge in [-0.15, -0.1) is 11.6 Å². The minimum absolute atomic E-state index is 0.0421. The van der Waals surface area contributed by atoms with E-state index in [-0.39, 0.29) is 17.1 Å². The molecule has 3 nitrogen and oxygen atoms in total. The van der Waals surface area contributed by atoms with Gasteiger partial charge in [0.25, 0.3) is 0 Å². The fourth-order valence-corrected chi connectivity index (χ4v) is 3.22. The first-order valence-corrected chi connectivity index (χ1v) is 8.59. The molecule has 0 amide bonds. The summed E-state index contributed by atoms with van der Waals surface area (Å²) in [6, 6.07) is 9.27. The highest BCUT2D eigenvalue weighted by Gasteiger charge is 2.34. The summed E-state index contributed by atoms with van der Waals surface area (Å²) in [6.07, 6.45) is -3.92. The zero-order valence-corrected chi connectivity index (χ0v) is 15.1. The topological polar surface area (TPSA) is 34.9 Å². The third-order valence-corrected chi connectivity index (χ3v) is 4.44. The van der Waals surface area contributed by atoms with Gasteiger partial charge < -0.3 is 0 Å². The minimum atomic E-state index is -4.60. The number of rotatable bonds is 4. The van der Waals surface area contributed by atoms with Crippen molar-refractivity contribution in [3.05, 3.63) is 58.4 Å². The van der Waals surface area contributed by atoms with Crippen molar-refractivity contribution in [2.75, 3.05) is 5.88 Å². The Morgan fingerprint density at radius 3 is 2.38 bits per heavy atom. The molecule has 8 heteroatoms. The first-order chi connectivity index (χ1) is 12.2. The lowest BCUT2D eigenvalue weighted by Gasteiger charge is -2.11. The molecule has 0 saturated carbocycles. The molecule has 1 aromatic heterocycles. The summed E-state index contributed by atoms with van der Waals surface area (Å²) in [5.74, 6) is 0.151. The quantitative estimate of drug-likeness (QED) is 0.416. The molecule has 0 aliphatic carbocycles. The Labute approximate surface area is 157 Å². The number of fused-ring (bicyclic) bond motifs is 1. The standard InChI is InChI=1S/C18H13Cl2F3N2O/c1-10(26)17-24-15-8-13(18(21,22)23)14(20)9-16(15)25(17)12-4-2-11(3-5-12)6-7-19/h2-5,8-9H,6-7H2,1H3. The highest BCUT2D eigenvalue weighted by molar-refractivity contribution is 6.32. The second kappa shape index (κ2) is 6.93. The van der Waals surface area contributed by atoms with E-state index in [9.17, 15) is 18.0 Å². The zero-order chi connectivity index (χ0) is 19.1. The number of nitrogens with zero attached hydrogens (tertiary/aromatic N) is 2. The Bertz CT molecular complexity index is 979. The molecule has 0 unspecified atom stereocenters. The number of aryl methyl sites for hydroxylation is 1. The van der Waals surface area contributed by atoms with Crippen LogP contribution in [0.1, 0.15) is 28.7 Å². The van der Waals surface area contributed by atoms with Crippen LogP contribution in [0.5, 0.6) is 0 Å². The summed E-state index contributed by atoms with van der Waals surface area (Å²) >= 11 is 11.6. The Kier molecular flexibility index (Phi) is 4.99. The van der Waals surface area contributed by atoms with Crippen molar-refractivity contribution in [2.24, 2.45) is 0 Å². The van der Waals surface area contributed by atoms with Crippen LogP contribution in [-0.4, -0.2) is 21.2 Å². The molecule has 0 aliphatic rings. The largest absolute Gasteiger partial charge is 0.417 e. The summed E-state index contributed by atoms with van der Waals surface area (Å²) in [7, 11) is 0. The monoisotopic (exact) mass is 400 g/mol. The van der Waals surface area contributed by atoms with Gasteiger partial charge in [0.1, 0.15) is 0 Å². The van der Waals surface area contributed by atoms with E-state index in [1.165, 1.54) is 17.6 Å². The molecule has 0 spiro atoms. The van der Waals surface area contributed by atoms with E-state index in [4.69, 9.17) is 23.2 Å². The molecular weight excluding hydrogens is 388 g/mol. The van der Waals surface area contributed by atoms with Crippen LogP contribution in [0.25, 0.3) is 16.7 Å². The minimum Gasteiger partial charge on any atom is -0.291 e. The van der Waals surface area contributed by atoms with Gasteiger partial charge in [0, 0.05) is 18.5 Å². The van der Waals surface area contributed by atoms with E-state index in [1.807, 2.05) is 12.1 Å². The lowest BCUT2D eigenvalue weighted by atomic mass is 10.1. The van der Waals surface area contributed by atoms with Crippen LogP contribution in [0, 0.1) is 0 Å². The normalized spacial score (nSPS) is 11.9. The number of ketones is 1. The Morgan fingerprint density at radius 2 is 1.85 bits per heavy atom. The second-order valence-corrected chi connectivity index (χ2v) is 6.54. The Hall–Kier alpha value is -2.05. The number of alkyl halides is 4. The average Bonchev–Trinajstić information content (AvgIpc) is 2.93. The maximum atomic E-state index is 13.1. The smallest absolute Gasteiger partial charge is 0.291 e. The molecule has 0 aliphatic heterocycles. The fourth-order valence-electron chi connectivity index (χ4n) is 2.73. The van der Waals surface area contributed by atoms with Gasteiger partial charge in [0.2, 0.25) is 0 Å². The Morgan fingerprint density at radius 1 is 1.19 bits per heavy atom. The number of hydrogen-bond acceptors (Lipinski definition) is 2. The molecule has 26 heavy (non-hydrogen) atoms. The van der Waals surface area contributed by atoms with Crippen LogP contribution in [0.3, 0.4) is 0 Å². The summed E-state index contributed by atoms with van der Waals surface area (Å²) < 4.78 is 40.8. The van der Waals surface area contributed by atoms with Crippen LogP contribution >= 0.6 is 23.2 Å². The van der Waals surface area contributed by atoms with Gasteiger partial charge in [-0.1, -0.05) is 23.7 Å². The summed E-state index contributed by atoms with van der Waals surface area (Å²) in [4.78, 5) is 16.1. The van der Waals surface area contributed by atoms with E-state index in [2.05, 4.69) is 4.98 Å². The van der Waals surface area contributed by atoms with Crippen LogP contribution in [-0.2, 0) is 12.6 Å². The molecule has 0 atom stereocenters. The number of imidazole rings is 1. The van der Waals surface area contributed by atoms with Gasteiger partial charge >= 0.3 is 6.18 Å². The molecule has 0 radical (unpaired) electrons. The zero-order valence-electron chi connectivity index (χ0n) is 13.6. The van der Waals surface area contributed by atoms with Gasteiger partial charge in [-0.2, -0.15) is 13.2 Å². The molecule has 3 aromatic rings. The fraction of sp³-hybridized carbons (Fsp3) is 0.222. The summed E-state index contributed by atoms with van der Waals surface area (Å²) in [5, 5.41) is -0.444. The predicted molar refractivity (Wildman–Crippen MR) is 95.5 cm³/mol. The van der Waals surface area contributed by atoms with E-state index in [0.29, 0.717) is 23.5 Å². The maximum Gasteiger partial charge on any atom is 0.417 e. The second-order valence-electron chi connectivity index (χ2n) is 5.75. The summed E-state index contributed by atoms with van der Waals surface area (Å²) in [6.45, 7) is 1.31. The van der Waals surface area contributed by atoms with Crippen molar-refractivity contribution in [3.63, 3.8) is 0 Å². The van der Waals surface area contributed by atoms with Crippen molar-refractivity contribution in [1.29, 1.82) is 0 Å². The molecule has 3 rings (SSSR count). The van der Waals surface area contributed by atoms with Gasteiger partial charge in [-0.25, -0.2) is 4.98 Å². The lowest BCUT2D eigenvalue weighted by molar-refractivity contribution is -0.137. The molecule has 0 saturated heterocycles. The van der Waals surface area contributed by atoms with Crippen LogP contribution in [0.2, 0.25) is 5.02 Å². The number of Topliss-reactive ketones (excluding diaryl/α,β-unsaturated/α-hetero) is 1. The highest BCUT2D eigenvalue weighted by atomic mass is 35.5. The van der Waals surface area contributed by atoms with E-state index in [0.717, 1.165) is 11.6 Å². The van der Waals surface area contributed by atoms with Crippen LogP contribution < -0.4 is 0 Å². The first kappa shape index (κ1) is 18.7. The first-order valence-electron chi connectivity index (χ1n) is 7.67. The van der Waals surface area contributed by atoms with Crippen molar-refractivity contribution >= 4 is 40.0 Å². The molecule has 136 valence electrons. The predicted octanol–water partition coefficient (Wildman–Crippen LogP) is 5.68. The molecular formula is C18H13Cl2F3N2O. The Balaban J connectivity index is 2.24.